The molecule has 0 bridgehead atoms. The van der Waals surface area contributed by atoms with E-state index in [1.807, 2.05) is 18.2 Å². The van der Waals surface area contributed by atoms with E-state index in [1.165, 1.54) is 5.56 Å². The Morgan fingerprint density at radius 1 is 1.37 bits per heavy atom. The van der Waals surface area contributed by atoms with Crippen molar-refractivity contribution in [1.29, 1.82) is 0 Å². The molecule has 0 saturated carbocycles. The van der Waals surface area contributed by atoms with Crippen LogP contribution in [0, 0.1) is 0 Å². The fraction of sp³-hybridized carbons (Fsp3) is 0.267. The molecule has 0 aliphatic heterocycles. The van der Waals surface area contributed by atoms with E-state index in [1.54, 1.807) is 0 Å². The Morgan fingerprint density at radius 3 is 3.00 bits per heavy atom. The number of carboxylic acids is 1. The number of carbonyl (C=O) groups excluding carboxylic acids is 1. The molecule has 2 aromatic rings. The van der Waals surface area contributed by atoms with Gasteiger partial charge in [0.05, 0.1) is 0 Å². The fourth-order valence-corrected chi connectivity index (χ4v) is 2.50. The van der Waals surface area contributed by atoms with Crippen LogP contribution in [0.15, 0.2) is 28.7 Å². The molecule has 0 amide bonds. The molecule has 1 aliphatic carbocycles. The zero-order valence-corrected chi connectivity index (χ0v) is 12.9. The molecule has 0 radical (unpaired) electrons. The number of para-hydroxylation sites is 1. The van der Waals surface area contributed by atoms with Crippen LogP contribution in [-0.2, 0) is 17.6 Å². The SMILES string of the molecule is O=C([O-])CCCc1cccc2c3c(oc12)C=CC3.[Na+]. The Labute approximate surface area is 133 Å². The van der Waals surface area contributed by atoms with Crippen molar-refractivity contribution in [2.75, 3.05) is 0 Å². The topological polar surface area (TPSA) is 53.3 Å². The van der Waals surface area contributed by atoms with Crippen LogP contribution in [0.25, 0.3) is 17.0 Å². The summed E-state index contributed by atoms with van der Waals surface area (Å²) in [7, 11) is 0. The van der Waals surface area contributed by atoms with Crippen LogP contribution in [0.4, 0.5) is 0 Å². The number of aryl methyl sites for hydroxylation is 1. The maximum Gasteiger partial charge on any atom is 1.00 e. The van der Waals surface area contributed by atoms with Gasteiger partial charge in [-0.1, -0.05) is 24.3 Å². The molecule has 3 nitrogen and oxygen atoms in total. The first kappa shape index (κ1) is 14.4. The van der Waals surface area contributed by atoms with Gasteiger partial charge >= 0.3 is 29.6 Å². The molecule has 0 spiro atoms. The van der Waals surface area contributed by atoms with E-state index in [9.17, 15) is 9.90 Å². The van der Waals surface area contributed by atoms with Gasteiger partial charge in [-0.2, -0.15) is 0 Å². The molecule has 1 aromatic heterocycles. The van der Waals surface area contributed by atoms with Gasteiger partial charge < -0.3 is 14.3 Å². The molecular weight excluding hydrogens is 251 g/mol. The van der Waals surface area contributed by atoms with E-state index in [4.69, 9.17) is 4.42 Å². The van der Waals surface area contributed by atoms with Crippen molar-refractivity contribution in [2.45, 2.75) is 25.7 Å². The third kappa shape index (κ3) is 2.78. The normalized spacial score (nSPS) is 12.4. The second-order valence-electron chi connectivity index (χ2n) is 4.57. The third-order valence-electron chi connectivity index (χ3n) is 3.35. The van der Waals surface area contributed by atoms with Crippen molar-refractivity contribution >= 4 is 23.0 Å². The molecule has 0 saturated heterocycles. The Kier molecular flexibility index (Phi) is 4.50. The summed E-state index contributed by atoms with van der Waals surface area (Å²) in [6.45, 7) is 0. The standard InChI is InChI=1S/C15H14O3.Na/c16-14(17)9-2-5-10-4-1-7-12-11-6-3-8-13(11)18-15(10)12;/h1,3-4,7-8H,2,5-6,9H2,(H,16,17);/q;+1/p-1. The Hall–Kier alpha value is -1.03. The zero-order valence-electron chi connectivity index (χ0n) is 10.9. The van der Waals surface area contributed by atoms with Crippen LogP contribution < -0.4 is 34.7 Å². The van der Waals surface area contributed by atoms with Gasteiger partial charge in [-0.15, -0.1) is 0 Å². The second-order valence-corrected chi connectivity index (χ2v) is 4.57. The average Bonchev–Trinajstić information content (AvgIpc) is 2.89. The maximum atomic E-state index is 10.4. The molecule has 1 heterocycles. The number of hydrogen-bond acceptors (Lipinski definition) is 3. The minimum absolute atomic E-state index is 0. The molecule has 92 valence electrons. The van der Waals surface area contributed by atoms with Crippen molar-refractivity contribution in [1.82, 2.24) is 0 Å². The number of aliphatic carboxylic acids is 1. The molecule has 4 heteroatoms. The van der Waals surface area contributed by atoms with Crippen LogP contribution in [0.2, 0.25) is 0 Å². The van der Waals surface area contributed by atoms with Gasteiger partial charge in [-0.25, -0.2) is 0 Å². The first-order valence-corrected chi connectivity index (χ1v) is 6.15. The van der Waals surface area contributed by atoms with Crippen LogP contribution in [0.5, 0.6) is 0 Å². The number of rotatable bonds is 4. The number of carbonyl (C=O) groups is 1. The molecule has 1 aromatic carbocycles. The van der Waals surface area contributed by atoms with E-state index in [-0.39, 0.29) is 36.0 Å². The van der Waals surface area contributed by atoms with Gasteiger partial charge in [0, 0.05) is 16.9 Å². The first-order chi connectivity index (χ1) is 8.75. The van der Waals surface area contributed by atoms with Crippen molar-refractivity contribution in [2.24, 2.45) is 0 Å². The summed E-state index contributed by atoms with van der Waals surface area (Å²) in [4.78, 5) is 10.4. The number of hydrogen-bond donors (Lipinski definition) is 0. The predicted octanol–water partition coefficient (Wildman–Crippen LogP) is -0.921. The minimum atomic E-state index is -0.993. The van der Waals surface area contributed by atoms with Crippen molar-refractivity contribution in [3.63, 3.8) is 0 Å². The number of carboxylic acid groups (broad SMARTS) is 1. The largest absolute Gasteiger partial charge is 1.00 e. The Bertz CT molecular complexity index is 640. The number of benzene rings is 1. The molecule has 1 aliphatic rings. The molecule has 19 heavy (non-hydrogen) atoms. The van der Waals surface area contributed by atoms with Gasteiger partial charge in [0.15, 0.2) is 0 Å². The summed E-state index contributed by atoms with van der Waals surface area (Å²) in [5.41, 5.74) is 3.23. The molecule has 0 fully saturated rings. The molecular formula is C15H13NaO3. The predicted molar refractivity (Wildman–Crippen MR) is 66.9 cm³/mol. The summed E-state index contributed by atoms with van der Waals surface area (Å²) >= 11 is 0. The molecule has 0 unspecified atom stereocenters. The Balaban J connectivity index is 0.00000133. The quantitative estimate of drug-likeness (QED) is 0.671. The van der Waals surface area contributed by atoms with Crippen molar-refractivity contribution in [3.8, 4) is 0 Å². The number of furan rings is 1. The van der Waals surface area contributed by atoms with E-state index in [0.717, 1.165) is 28.7 Å². The van der Waals surface area contributed by atoms with E-state index in [0.29, 0.717) is 12.8 Å². The molecule has 3 rings (SSSR count). The van der Waals surface area contributed by atoms with Crippen molar-refractivity contribution < 1.29 is 43.9 Å². The summed E-state index contributed by atoms with van der Waals surface area (Å²) in [6.07, 6.45) is 6.41. The van der Waals surface area contributed by atoms with Gasteiger partial charge in [0.1, 0.15) is 11.3 Å². The van der Waals surface area contributed by atoms with Crippen molar-refractivity contribution in [3.05, 3.63) is 41.2 Å². The summed E-state index contributed by atoms with van der Waals surface area (Å²) in [5.74, 6) is -0.0515. The maximum absolute atomic E-state index is 10.4. The Morgan fingerprint density at radius 2 is 2.21 bits per heavy atom. The van der Waals surface area contributed by atoms with Gasteiger partial charge in [0.25, 0.3) is 0 Å². The van der Waals surface area contributed by atoms with E-state index < -0.39 is 5.97 Å². The summed E-state index contributed by atoms with van der Waals surface area (Å²) < 4.78 is 5.85. The smallest absolute Gasteiger partial charge is 0.550 e. The number of fused-ring (bicyclic) bond motifs is 3. The second kappa shape index (κ2) is 5.95. The average molecular weight is 264 g/mol. The monoisotopic (exact) mass is 264 g/mol. The zero-order chi connectivity index (χ0) is 12.5. The fourth-order valence-electron chi connectivity index (χ4n) is 2.50. The summed E-state index contributed by atoms with van der Waals surface area (Å²) in [6, 6.07) is 6.07. The summed E-state index contributed by atoms with van der Waals surface area (Å²) in [5, 5.41) is 11.6. The number of allylic oxidation sites excluding steroid dienone is 1. The third-order valence-corrected chi connectivity index (χ3v) is 3.35. The van der Waals surface area contributed by atoms with Gasteiger partial charge in [-0.3, -0.25) is 0 Å². The molecule has 0 atom stereocenters. The van der Waals surface area contributed by atoms with Gasteiger partial charge in [0.2, 0.25) is 0 Å². The first-order valence-electron chi connectivity index (χ1n) is 6.15. The van der Waals surface area contributed by atoms with Crippen LogP contribution >= 0.6 is 0 Å². The van der Waals surface area contributed by atoms with Crippen LogP contribution in [0.1, 0.15) is 29.7 Å². The van der Waals surface area contributed by atoms with Crippen LogP contribution in [-0.4, -0.2) is 5.97 Å². The van der Waals surface area contributed by atoms with E-state index in [2.05, 4.69) is 12.1 Å². The minimum Gasteiger partial charge on any atom is -0.550 e. The van der Waals surface area contributed by atoms with Gasteiger partial charge in [-0.05, 0) is 37.3 Å². The molecule has 0 N–H and O–H groups in total. The van der Waals surface area contributed by atoms with E-state index >= 15 is 0 Å². The van der Waals surface area contributed by atoms with Crippen LogP contribution in [0.3, 0.4) is 0 Å².